The SMILES string of the molecule is Cc1cc(=O)oc2cc(OCC(=O)NC(CCCN=C(N)N)C(=O)O)ccc12. The van der Waals surface area contributed by atoms with Gasteiger partial charge in [-0.25, -0.2) is 9.59 Å². The zero-order valence-electron chi connectivity index (χ0n) is 15.3. The number of nitrogens with one attached hydrogen (secondary N) is 1. The minimum absolute atomic E-state index is 0.0780. The number of carboxylic acids is 1. The molecule has 0 aliphatic heterocycles. The highest BCUT2D eigenvalue weighted by Gasteiger charge is 2.19. The Kier molecular flexibility index (Phi) is 6.96. The second-order valence-corrected chi connectivity index (χ2v) is 6.10. The third-order valence-electron chi connectivity index (χ3n) is 3.87. The van der Waals surface area contributed by atoms with Crippen molar-refractivity contribution in [3.63, 3.8) is 0 Å². The van der Waals surface area contributed by atoms with Crippen molar-refractivity contribution in [2.75, 3.05) is 13.2 Å². The second kappa shape index (κ2) is 9.40. The van der Waals surface area contributed by atoms with Gasteiger partial charge in [0.2, 0.25) is 0 Å². The van der Waals surface area contributed by atoms with Gasteiger partial charge in [-0.15, -0.1) is 0 Å². The smallest absolute Gasteiger partial charge is 0.336 e. The molecular formula is C18H22N4O6. The Morgan fingerprint density at radius 2 is 2.07 bits per heavy atom. The van der Waals surface area contributed by atoms with Gasteiger partial charge in [-0.2, -0.15) is 0 Å². The Hall–Kier alpha value is -3.56. The normalized spacial score (nSPS) is 11.6. The van der Waals surface area contributed by atoms with E-state index in [0.29, 0.717) is 17.8 Å². The van der Waals surface area contributed by atoms with Crippen molar-refractivity contribution in [1.82, 2.24) is 5.32 Å². The lowest BCUT2D eigenvalue weighted by Crippen LogP contribution is -2.43. The van der Waals surface area contributed by atoms with E-state index in [0.717, 1.165) is 10.9 Å². The number of aliphatic carboxylic acids is 1. The van der Waals surface area contributed by atoms with Crippen LogP contribution >= 0.6 is 0 Å². The number of benzene rings is 1. The first-order valence-electron chi connectivity index (χ1n) is 8.51. The number of ether oxygens (including phenoxy) is 1. The van der Waals surface area contributed by atoms with Gasteiger partial charge in [0.15, 0.2) is 12.6 Å². The molecule has 0 fully saturated rings. The van der Waals surface area contributed by atoms with Crippen molar-refractivity contribution < 1.29 is 23.8 Å². The first-order valence-corrected chi connectivity index (χ1v) is 8.51. The van der Waals surface area contributed by atoms with Crippen molar-refractivity contribution in [1.29, 1.82) is 0 Å². The number of carboxylic acid groups (broad SMARTS) is 1. The highest BCUT2D eigenvalue weighted by atomic mass is 16.5. The molecule has 0 aliphatic carbocycles. The van der Waals surface area contributed by atoms with E-state index in [-0.39, 0.29) is 25.5 Å². The summed E-state index contributed by atoms with van der Waals surface area (Å²) < 4.78 is 10.5. The van der Waals surface area contributed by atoms with Gasteiger partial charge in [0.05, 0.1) is 0 Å². The van der Waals surface area contributed by atoms with Crippen molar-refractivity contribution >= 4 is 28.8 Å². The standard InChI is InChI=1S/C18H22N4O6/c1-10-7-16(24)28-14-8-11(4-5-12(10)14)27-9-15(23)22-13(17(25)26)3-2-6-21-18(19)20/h4-5,7-8,13H,2-3,6,9H2,1H3,(H,22,23)(H,25,26)(H4,19,20,21). The van der Waals surface area contributed by atoms with Gasteiger partial charge < -0.3 is 31.0 Å². The van der Waals surface area contributed by atoms with E-state index in [1.807, 2.05) is 0 Å². The molecule has 0 saturated carbocycles. The highest BCUT2D eigenvalue weighted by Crippen LogP contribution is 2.22. The van der Waals surface area contributed by atoms with Crippen molar-refractivity contribution in [3.05, 3.63) is 40.2 Å². The average molecular weight is 390 g/mol. The number of fused-ring (bicyclic) bond motifs is 1. The monoisotopic (exact) mass is 390 g/mol. The first kappa shape index (κ1) is 20.7. The Balaban J connectivity index is 1.93. The predicted octanol–water partition coefficient (Wildman–Crippen LogP) is 0.103. The summed E-state index contributed by atoms with van der Waals surface area (Å²) in [5.74, 6) is -1.53. The van der Waals surface area contributed by atoms with Crippen LogP contribution in [0, 0.1) is 6.92 Å². The van der Waals surface area contributed by atoms with Crippen LogP contribution in [0.3, 0.4) is 0 Å². The number of aryl methyl sites for hydroxylation is 1. The molecule has 0 spiro atoms. The van der Waals surface area contributed by atoms with E-state index in [1.54, 1.807) is 19.1 Å². The van der Waals surface area contributed by atoms with Gasteiger partial charge in [-0.05, 0) is 37.5 Å². The molecule has 10 heteroatoms. The van der Waals surface area contributed by atoms with Gasteiger partial charge >= 0.3 is 11.6 Å². The molecule has 1 unspecified atom stereocenters. The molecule has 10 nitrogen and oxygen atoms in total. The fourth-order valence-electron chi connectivity index (χ4n) is 2.54. The molecule has 0 aliphatic rings. The molecule has 1 aromatic carbocycles. The second-order valence-electron chi connectivity index (χ2n) is 6.10. The minimum Gasteiger partial charge on any atom is -0.484 e. The van der Waals surface area contributed by atoms with Crippen LogP contribution in [0.1, 0.15) is 18.4 Å². The number of guanidine groups is 1. The van der Waals surface area contributed by atoms with Crippen LogP contribution in [0.25, 0.3) is 11.0 Å². The van der Waals surface area contributed by atoms with E-state index >= 15 is 0 Å². The molecule has 2 rings (SSSR count). The van der Waals surface area contributed by atoms with E-state index in [9.17, 15) is 19.5 Å². The number of carbonyl (C=O) groups is 2. The molecule has 1 aromatic heterocycles. The molecule has 150 valence electrons. The quantitative estimate of drug-likeness (QED) is 0.202. The fourth-order valence-corrected chi connectivity index (χ4v) is 2.54. The first-order chi connectivity index (χ1) is 13.3. The van der Waals surface area contributed by atoms with Crippen LogP contribution in [-0.4, -0.2) is 42.1 Å². The lowest BCUT2D eigenvalue weighted by atomic mass is 10.1. The Morgan fingerprint density at radius 3 is 2.75 bits per heavy atom. The zero-order valence-corrected chi connectivity index (χ0v) is 15.3. The highest BCUT2D eigenvalue weighted by molar-refractivity contribution is 5.85. The van der Waals surface area contributed by atoms with Gasteiger partial charge in [-0.1, -0.05) is 0 Å². The van der Waals surface area contributed by atoms with E-state index < -0.39 is 23.5 Å². The number of nitrogens with two attached hydrogens (primary N) is 2. The van der Waals surface area contributed by atoms with Crippen LogP contribution in [0.15, 0.2) is 38.5 Å². The van der Waals surface area contributed by atoms with Crippen molar-refractivity contribution in [2.24, 2.45) is 16.5 Å². The number of hydrogen-bond acceptors (Lipinski definition) is 6. The van der Waals surface area contributed by atoms with E-state index in [1.165, 1.54) is 12.1 Å². The number of amides is 1. The number of hydrogen-bond donors (Lipinski definition) is 4. The molecule has 1 atom stereocenters. The molecule has 2 aromatic rings. The number of aliphatic imine (C=N–C) groups is 1. The Morgan fingerprint density at radius 1 is 1.32 bits per heavy atom. The summed E-state index contributed by atoms with van der Waals surface area (Å²) >= 11 is 0. The summed E-state index contributed by atoms with van der Waals surface area (Å²) in [7, 11) is 0. The topological polar surface area (TPSA) is 170 Å². The molecule has 6 N–H and O–H groups in total. The van der Waals surface area contributed by atoms with Crippen LogP contribution in [0.2, 0.25) is 0 Å². The number of rotatable bonds is 9. The van der Waals surface area contributed by atoms with Gasteiger partial charge in [-0.3, -0.25) is 9.79 Å². The van der Waals surface area contributed by atoms with Gasteiger partial charge in [0.1, 0.15) is 17.4 Å². The van der Waals surface area contributed by atoms with Crippen molar-refractivity contribution in [2.45, 2.75) is 25.8 Å². The summed E-state index contributed by atoms with van der Waals surface area (Å²) in [4.78, 5) is 38.5. The van der Waals surface area contributed by atoms with E-state index in [4.69, 9.17) is 20.6 Å². The van der Waals surface area contributed by atoms with Gasteiger partial charge in [0.25, 0.3) is 5.91 Å². The lowest BCUT2D eigenvalue weighted by molar-refractivity contribution is -0.142. The average Bonchev–Trinajstić information content (AvgIpc) is 2.61. The molecule has 1 heterocycles. The molecule has 0 bridgehead atoms. The molecule has 0 saturated heterocycles. The summed E-state index contributed by atoms with van der Waals surface area (Å²) in [5.41, 5.74) is 11.0. The largest absolute Gasteiger partial charge is 0.484 e. The third kappa shape index (κ3) is 6.01. The van der Waals surface area contributed by atoms with Gasteiger partial charge in [0, 0.05) is 24.1 Å². The maximum atomic E-state index is 12.0. The molecule has 28 heavy (non-hydrogen) atoms. The zero-order chi connectivity index (χ0) is 20.7. The fraction of sp³-hybridized carbons (Fsp3) is 0.333. The Bertz CT molecular complexity index is 949. The predicted molar refractivity (Wildman–Crippen MR) is 102 cm³/mol. The number of carbonyl (C=O) groups excluding carboxylic acids is 1. The lowest BCUT2D eigenvalue weighted by Gasteiger charge is -2.14. The maximum Gasteiger partial charge on any atom is 0.336 e. The van der Waals surface area contributed by atoms with Crippen molar-refractivity contribution in [3.8, 4) is 5.75 Å². The molecule has 1 amide bonds. The summed E-state index contributed by atoms with van der Waals surface area (Å²) in [6.07, 6.45) is 0.553. The third-order valence-corrected chi connectivity index (χ3v) is 3.87. The van der Waals surface area contributed by atoms with Crippen LogP contribution < -0.4 is 27.1 Å². The van der Waals surface area contributed by atoms with E-state index in [2.05, 4.69) is 10.3 Å². The Labute approximate surface area is 160 Å². The van der Waals surface area contributed by atoms with Crippen LogP contribution in [0.4, 0.5) is 0 Å². The molecular weight excluding hydrogens is 368 g/mol. The summed E-state index contributed by atoms with van der Waals surface area (Å²) in [5, 5.41) is 12.3. The number of nitrogens with zero attached hydrogens (tertiary/aromatic N) is 1. The maximum absolute atomic E-state index is 12.0. The summed E-state index contributed by atoms with van der Waals surface area (Å²) in [6, 6.07) is 5.15. The summed E-state index contributed by atoms with van der Waals surface area (Å²) in [6.45, 7) is 1.66. The minimum atomic E-state index is -1.17. The van der Waals surface area contributed by atoms with Crippen LogP contribution in [0.5, 0.6) is 5.75 Å². The molecule has 0 radical (unpaired) electrons. The van der Waals surface area contributed by atoms with Crippen LogP contribution in [-0.2, 0) is 9.59 Å².